The number of amides is 3. The molecule has 142 valence electrons. The van der Waals surface area contributed by atoms with Gasteiger partial charge < -0.3 is 16.0 Å². The van der Waals surface area contributed by atoms with Crippen molar-refractivity contribution in [2.75, 3.05) is 16.0 Å². The standard InChI is InChI=1S/C23H18N4O2/c28-22(20-13-14-24-21-12-5-4-11-19(20)21)25-17-9-6-10-18(15-17)27-23(29)26-16-7-2-1-3-8-16/h1-15H,(H,25,28)(H2,26,27,29). The maximum Gasteiger partial charge on any atom is 0.323 e. The average molecular weight is 382 g/mol. The van der Waals surface area contributed by atoms with Gasteiger partial charge in [-0.15, -0.1) is 0 Å². The molecule has 0 fully saturated rings. The Morgan fingerprint density at radius 1 is 0.655 bits per heavy atom. The number of carbonyl (C=O) groups excluding carboxylic acids is 2. The normalized spacial score (nSPS) is 10.3. The Kier molecular flexibility index (Phi) is 5.16. The molecule has 0 saturated heterocycles. The van der Waals surface area contributed by atoms with E-state index in [0.29, 0.717) is 22.6 Å². The van der Waals surface area contributed by atoms with Crippen LogP contribution in [0.15, 0.2) is 91.1 Å². The summed E-state index contributed by atoms with van der Waals surface area (Å²) < 4.78 is 0. The largest absolute Gasteiger partial charge is 0.323 e. The van der Waals surface area contributed by atoms with E-state index in [1.165, 1.54) is 0 Å². The maximum absolute atomic E-state index is 12.8. The number of pyridine rings is 1. The van der Waals surface area contributed by atoms with Crippen LogP contribution in [0.3, 0.4) is 0 Å². The zero-order valence-corrected chi connectivity index (χ0v) is 15.4. The van der Waals surface area contributed by atoms with Crippen LogP contribution in [0, 0.1) is 0 Å². The summed E-state index contributed by atoms with van der Waals surface area (Å²) in [7, 11) is 0. The predicted octanol–water partition coefficient (Wildman–Crippen LogP) is 5.13. The number of aromatic nitrogens is 1. The molecule has 0 spiro atoms. The predicted molar refractivity (Wildman–Crippen MR) is 115 cm³/mol. The molecule has 1 aromatic heterocycles. The second kappa shape index (κ2) is 8.22. The van der Waals surface area contributed by atoms with Crippen LogP contribution >= 0.6 is 0 Å². The summed E-state index contributed by atoms with van der Waals surface area (Å²) in [6.07, 6.45) is 1.61. The first kappa shape index (κ1) is 18.2. The SMILES string of the molecule is O=C(Nc1ccccc1)Nc1cccc(NC(=O)c2ccnc3ccccc23)c1. The fourth-order valence-electron chi connectivity index (χ4n) is 2.98. The number of anilines is 3. The Hall–Kier alpha value is -4.19. The Balaban J connectivity index is 1.47. The Morgan fingerprint density at radius 2 is 1.31 bits per heavy atom. The van der Waals surface area contributed by atoms with Gasteiger partial charge in [0.05, 0.1) is 11.1 Å². The van der Waals surface area contributed by atoms with Crippen molar-refractivity contribution in [3.05, 3.63) is 96.7 Å². The molecule has 3 amide bonds. The zero-order valence-electron chi connectivity index (χ0n) is 15.4. The van der Waals surface area contributed by atoms with Crippen molar-refractivity contribution in [2.45, 2.75) is 0 Å². The zero-order chi connectivity index (χ0) is 20.1. The summed E-state index contributed by atoms with van der Waals surface area (Å²) >= 11 is 0. The number of urea groups is 1. The molecule has 0 aliphatic heterocycles. The number of carbonyl (C=O) groups is 2. The average Bonchev–Trinajstić information content (AvgIpc) is 2.74. The van der Waals surface area contributed by atoms with Crippen LogP contribution in [0.4, 0.5) is 21.9 Å². The van der Waals surface area contributed by atoms with Crippen molar-refractivity contribution >= 4 is 39.9 Å². The van der Waals surface area contributed by atoms with Crippen LogP contribution in [0.1, 0.15) is 10.4 Å². The minimum atomic E-state index is -0.361. The van der Waals surface area contributed by atoms with Gasteiger partial charge in [-0.1, -0.05) is 42.5 Å². The van der Waals surface area contributed by atoms with E-state index in [1.807, 2.05) is 42.5 Å². The second-order valence-electron chi connectivity index (χ2n) is 6.36. The third kappa shape index (κ3) is 4.39. The summed E-state index contributed by atoms with van der Waals surface area (Å²) in [5.41, 5.74) is 3.13. The van der Waals surface area contributed by atoms with E-state index < -0.39 is 0 Å². The highest BCUT2D eigenvalue weighted by molar-refractivity contribution is 6.12. The molecule has 4 aromatic rings. The molecule has 3 N–H and O–H groups in total. The molecule has 0 atom stereocenters. The Morgan fingerprint density at radius 3 is 2.14 bits per heavy atom. The topological polar surface area (TPSA) is 83.1 Å². The number of nitrogens with one attached hydrogen (secondary N) is 3. The Bertz CT molecular complexity index is 1170. The molecule has 0 saturated carbocycles. The lowest BCUT2D eigenvalue weighted by molar-refractivity contribution is 0.102. The molecule has 0 aliphatic rings. The molecule has 6 nitrogen and oxygen atoms in total. The van der Waals surface area contributed by atoms with Crippen molar-refractivity contribution in [2.24, 2.45) is 0 Å². The van der Waals surface area contributed by atoms with Gasteiger partial charge in [0, 0.05) is 28.6 Å². The van der Waals surface area contributed by atoms with Gasteiger partial charge >= 0.3 is 6.03 Å². The minimum Gasteiger partial charge on any atom is -0.322 e. The van der Waals surface area contributed by atoms with Crippen LogP contribution in [-0.4, -0.2) is 16.9 Å². The molecule has 29 heavy (non-hydrogen) atoms. The molecule has 0 unspecified atom stereocenters. The fourth-order valence-corrected chi connectivity index (χ4v) is 2.98. The van der Waals surface area contributed by atoms with E-state index in [1.54, 1.807) is 48.7 Å². The summed E-state index contributed by atoms with van der Waals surface area (Å²) in [4.78, 5) is 29.2. The van der Waals surface area contributed by atoms with E-state index in [-0.39, 0.29) is 11.9 Å². The number of nitrogens with zero attached hydrogens (tertiary/aromatic N) is 1. The van der Waals surface area contributed by atoms with E-state index in [4.69, 9.17) is 0 Å². The number of rotatable bonds is 4. The quantitative estimate of drug-likeness (QED) is 0.457. The lowest BCUT2D eigenvalue weighted by Gasteiger charge is -2.11. The van der Waals surface area contributed by atoms with Gasteiger partial charge in [0.1, 0.15) is 0 Å². The maximum atomic E-state index is 12.8. The van der Waals surface area contributed by atoms with Gasteiger partial charge in [-0.25, -0.2) is 4.79 Å². The Labute approximate surface area is 167 Å². The molecule has 4 rings (SSSR count). The molecule has 0 radical (unpaired) electrons. The van der Waals surface area contributed by atoms with Crippen molar-refractivity contribution in [1.29, 1.82) is 0 Å². The highest BCUT2D eigenvalue weighted by Gasteiger charge is 2.11. The van der Waals surface area contributed by atoms with Gasteiger partial charge in [0.25, 0.3) is 5.91 Å². The van der Waals surface area contributed by atoms with E-state index in [0.717, 1.165) is 10.9 Å². The van der Waals surface area contributed by atoms with E-state index in [2.05, 4.69) is 20.9 Å². The highest BCUT2D eigenvalue weighted by Crippen LogP contribution is 2.20. The number of fused-ring (bicyclic) bond motifs is 1. The number of para-hydroxylation sites is 2. The summed E-state index contributed by atoms with van der Waals surface area (Å²) in [5, 5.41) is 9.17. The van der Waals surface area contributed by atoms with Gasteiger partial charge in [0.2, 0.25) is 0 Å². The first-order valence-electron chi connectivity index (χ1n) is 9.07. The van der Waals surface area contributed by atoms with Gasteiger partial charge in [-0.05, 0) is 42.5 Å². The monoisotopic (exact) mass is 382 g/mol. The van der Waals surface area contributed by atoms with Gasteiger partial charge in [-0.3, -0.25) is 9.78 Å². The van der Waals surface area contributed by atoms with Gasteiger partial charge in [0.15, 0.2) is 0 Å². The summed E-state index contributed by atoms with van der Waals surface area (Å²) in [6, 6.07) is 24.9. The van der Waals surface area contributed by atoms with Crippen molar-refractivity contribution < 1.29 is 9.59 Å². The first-order valence-corrected chi connectivity index (χ1v) is 9.07. The van der Waals surface area contributed by atoms with Crippen LogP contribution < -0.4 is 16.0 Å². The van der Waals surface area contributed by atoms with Crippen LogP contribution in [0.2, 0.25) is 0 Å². The molecule has 6 heteroatoms. The van der Waals surface area contributed by atoms with Crippen molar-refractivity contribution in [3.8, 4) is 0 Å². The summed E-state index contributed by atoms with van der Waals surface area (Å²) in [5.74, 6) is -0.241. The number of hydrogen-bond donors (Lipinski definition) is 3. The third-order valence-electron chi connectivity index (χ3n) is 4.30. The highest BCUT2D eigenvalue weighted by atomic mass is 16.2. The second-order valence-corrected chi connectivity index (χ2v) is 6.36. The lowest BCUT2D eigenvalue weighted by atomic mass is 10.1. The van der Waals surface area contributed by atoms with E-state index >= 15 is 0 Å². The molecular formula is C23H18N4O2. The molecule has 1 heterocycles. The summed E-state index contributed by atoms with van der Waals surface area (Å²) in [6.45, 7) is 0. The lowest BCUT2D eigenvalue weighted by Crippen LogP contribution is -2.19. The first-order chi connectivity index (χ1) is 14.2. The van der Waals surface area contributed by atoms with Gasteiger partial charge in [-0.2, -0.15) is 0 Å². The number of hydrogen-bond acceptors (Lipinski definition) is 3. The van der Waals surface area contributed by atoms with Crippen LogP contribution in [0.5, 0.6) is 0 Å². The molecular weight excluding hydrogens is 364 g/mol. The van der Waals surface area contributed by atoms with E-state index in [9.17, 15) is 9.59 Å². The minimum absolute atomic E-state index is 0.241. The smallest absolute Gasteiger partial charge is 0.322 e. The number of benzene rings is 3. The van der Waals surface area contributed by atoms with Crippen molar-refractivity contribution in [1.82, 2.24) is 4.98 Å². The molecule has 0 aliphatic carbocycles. The fraction of sp³-hybridized carbons (Fsp3) is 0. The van der Waals surface area contributed by atoms with Crippen LogP contribution in [0.25, 0.3) is 10.9 Å². The molecule has 3 aromatic carbocycles. The third-order valence-corrected chi connectivity index (χ3v) is 4.30. The molecule has 0 bridgehead atoms. The van der Waals surface area contributed by atoms with Crippen LogP contribution in [-0.2, 0) is 0 Å². The van der Waals surface area contributed by atoms with Crippen molar-refractivity contribution in [3.63, 3.8) is 0 Å².